The number of hydrogen-bond donors (Lipinski definition) is 1. The highest BCUT2D eigenvalue weighted by molar-refractivity contribution is 8.01. The zero-order valence-corrected chi connectivity index (χ0v) is 11.2. The SMILES string of the molecule is CC1CCCC1(Sc1ccccc1Cl)C(=O)O. The second kappa shape index (κ2) is 4.91. The van der Waals surface area contributed by atoms with Crippen LogP contribution in [0.25, 0.3) is 0 Å². The fraction of sp³-hybridized carbons (Fsp3) is 0.462. The van der Waals surface area contributed by atoms with Gasteiger partial charge >= 0.3 is 5.97 Å². The minimum absolute atomic E-state index is 0.182. The van der Waals surface area contributed by atoms with Gasteiger partial charge in [-0.3, -0.25) is 4.79 Å². The molecule has 1 N–H and O–H groups in total. The topological polar surface area (TPSA) is 37.3 Å². The van der Waals surface area contributed by atoms with Gasteiger partial charge in [0.15, 0.2) is 0 Å². The summed E-state index contributed by atoms with van der Waals surface area (Å²) < 4.78 is -0.703. The van der Waals surface area contributed by atoms with Gasteiger partial charge in [-0.05, 0) is 30.9 Å². The molecule has 0 bridgehead atoms. The lowest BCUT2D eigenvalue weighted by atomic mass is 9.97. The molecule has 0 spiro atoms. The lowest BCUT2D eigenvalue weighted by Crippen LogP contribution is -2.37. The van der Waals surface area contributed by atoms with E-state index in [1.54, 1.807) is 6.07 Å². The molecule has 2 nitrogen and oxygen atoms in total. The van der Waals surface area contributed by atoms with Crippen LogP contribution in [0.2, 0.25) is 5.02 Å². The van der Waals surface area contributed by atoms with Gasteiger partial charge in [0.2, 0.25) is 0 Å². The number of halogens is 1. The zero-order chi connectivity index (χ0) is 12.5. The van der Waals surface area contributed by atoms with Gasteiger partial charge in [-0.1, -0.05) is 37.1 Å². The van der Waals surface area contributed by atoms with Crippen LogP contribution in [-0.2, 0) is 4.79 Å². The van der Waals surface area contributed by atoms with Crippen molar-refractivity contribution in [3.63, 3.8) is 0 Å². The molecule has 0 aliphatic heterocycles. The number of benzene rings is 1. The summed E-state index contributed by atoms with van der Waals surface area (Å²) in [6, 6.07) is 7.45. The third kappa shape index (κ3) is 2.31. The molecule has 92 valence electrons. The van der Waals surface area contributed by atoms with Gasteiger partial charge in [-0.25, -0.2) is 0 Å². The van der Waals surface area contributed by atoms with Crippen molar-refractivity contribution in [1.82, 2.24) is 0 Å². The van der Waals surface area contributed by atoms with Gasteiger partial charge in [0.05, 0.1) is 5.02 Å². The van der Waals surface area contributed by atoms with E-state index >= 15 is 0 Å². The molecule has 1 aliphatic rings. The molecule has 1 aliphatic carbocycles. The van der Waals surface area contributed by atoms with Crippen LogP contribution < -0.4 is 0 Å². The Morgan fingerprint density at radius 2 is 2.24 bits per heavy atom. The Bertz CT molecular complexity index is 435. The zero-order valence-electron chi connectivity index (χ0n) is 9.65. The summed E-state index contributed by atoms with van der Waals surface area (Å²) in [6.07, 6.45) is 2.67. The summed E-state index contributed by atoms with van der Waals surface area (Å²) in [6.45, 7) is 2.02. The number of carboxylic acid groups (broad SMARTS) is 1. The number of aliphatic carboxylic acids is 1. The van der Waals surface area contributed by atoms with E-state index in [1.165, 1.54) is 11.8 Å². The third-order valence-corrected chi connectivity index (χ3v) is 5.64. The number of carbonyl (C=O) groups is 1. The van der Waals surface area contributed by atoms with E-state index < -0.39 is 10.7 Å². The molecule has 2 unspecified atom stereocenters. The Morgan fingerprint density at radius 1 is 1.53 bits per heavy atom. The molecule has 1 fully saturated rings. The molecule has 0 aromatic heterocycles. The van der Waals surface area contributed by atoms with E-state index in [4.69, 9.17) is 11.6 Å². The van der Waals surface area contributed by atoms with Gasteiger partial charge in [-0.15, -0.1) is 11.8 Å². The molecule has 17 heavy (non-hydrogen) atoms. The van der Waals surface area contributed by atoms with Gasteiger partial charge in [0.25, 0.3) is 0 Å². The van der Waals surface area contributed by atoms with E-state index in [-0.39, 0.29) is 5.92 Å². The maximum Gasteiger partial charge on any atom is 0.320 e. The van der Waals surface area contributed by atoms with Crippen LogP contribution >= 0.6 is 23.4 Å². The average Bonchev–Trinajstić information content (AvgIpc) is 2.65. The van der Waals surface area contributed by atoms with Crippen molar-refractivity contribution < 1.29 is 9.90 Å². The smallest absolute Gasteiger partial charge is 0.320 e. The first kappa shape index (κ1) is 12.8. The highest BCUT2D eigenvalue weighted by Gasteiger charge is 2.48. The Balaban J connectivity index is 2.31. The summed E-state index contributed by atoms with van der Waals surface area (Å²) in [5.74, 6) is -0.534. The molecule has 0 saturated heterocycles. The number of rotatable bonds is 3. The summed E-state index contributed by atoms with van der Waals surface area (Å²) in [7, 11) is 0. The molecule has 0 amide bonds. The number of hydrogen-bond acceptors (Lipinski definition) is 2. The van der Waals surface area contributed by atoms with Crippen LogP contribution in [0, 0.1) is 5.92 Å². The van der Waals surface area contributed by atoms with E-state index in [9.17, 15) is 9.90 Å². The molecule has 1 saturated carbocycles. The molecular weight excluding hydrogens is 256 g/mol. The minimum Gasteiger partial charge on any atom is -0.480 e. The monoisotopic (exact) mass is 270 g/mol. The van der Waals surface area contributed by atoms with Crippen molar-refractivity contribution >= 4 is 29.3 Å². The normalized spacial score (nSPS) is 28.2. The van der Waals surface area contributed by atoms with Crippen molar-refractivity contribution in [2.24, 2.45) is 5.92 Å². The highest BCUT2D eigenvalue weighted by Crippen LogP contribution is 2.50. The molecule has 0 radical (unpaired) electrons. The van der Waals surface area contributed by atoms with Crippen LogP contribution in [0.4, 0.5) is 0 Å². The Labute approximate surface area is 110 Å². The highest BCUT2D eigenvalue weighted by atomic mass is 35.5. The van der Waals surface area contributed by atoms with Crippen LogP contribution in [-0.4, -0.2) is 15.8 Å². The fourth-order valence-electron chi connectivity index (χ4n) is 2.39. The summed E-state index contributed by atoms with van der Waals surface area (Å²) >= 11 is 7.51. The van der Waals surface area contributed by atoms with Gasteiger partial charge < -0.3 is 5.11 Å². The average molecular weight is 271 g/mol. The van der Waals surface area contributed by atoms with E-state index in [1.807, 2.05) is 25.1 Å². The Hall–Kier alpha value is -0.670. The molecular formula is C13H15ClO2S. The van der Waals surface area contributed by atoms with Crippen molar-refractivity contribution in [1.29, 1.82) is 0 Å². The van der Waals surface area contributed by atoms with Crippen molar-refractivity contribution in [3.05, 3.63) is 29.3 Å². The Morgan fingerprint density at radius 3 is 2.76 bits per heavy atom. The quantitative estimate of drug-likeness (QED) is 0.899. The number of carboxylic acids is 1. The second-order valence-corrected chi connectivity index (χ2v) is 6.30. The second-order valence-electron chi connectivity index (χ2n) is 4.52. The van der Waals surface area contributed by atoms with E-state index in [0.717, 1.165) is 24.2 Å². The maximum absolute atomic E-state index is 11.6. The van der Waals surface area contributed by atoms with Gasteiger partial charge in [0.1, 0.15) is 4.75 Å². The van der Waals surface area contributed by atoms with Crippen molar-refractivity contribution in [2.45, 2.75) is 35.8 Å². The maximum atomic E-state index is 11.6. The molecule has 2 rings (SSSR count). The first-order chi connectivity index (χ1) is 8.06. The lowest BCUT2D eigenvalue weighted by Gasteiger charge is -2.28. The minimum atomic E-state index is -0.715. The van der Waals surface area contributed by atoms with Crippen molar-refractivity contribution in [3.8, 4) is 0 Å². The van der Waals surface area contributed by atoms with E-state index in [0.29, 0.717) is 5.02 Å². The molecule has 4 heteroatoms. The van der Waals surface area contributed by atoms with Gasteiger partial charge in [-0.2, -0.15) is 0 Å². The van der Waals surface area contributed by atoms with Crippen LogP contribution in [0.5, 0.6) is 0 Å². The first-order valence-corrected chi connectivity index (χ1v) is 6.92. The predicted molar refractivity (Wildman–Crippen MR) is 70.7 cm³/mol. The molecule has 2 atom stereocenters. The molecule has 1 aromatic rings. The van der Waals surface area contributed by atoms with Crippen LogP contribution in [0.1, 0.15) is 26.2 Å². The first-order valence-electron chi connectivity index (χ1n) is 5.73. The fourth-order valence-corrected chi connectivity index (χ4v) is 4.00. The summed E-state index contributed by atoms with van der Waals surface area (Å²) in [5, 5.41) is 10.2. The molecule has 0 heterocycles. The molecule has 1 aromatic carbocycles. The lowest BCUT2D eigenvalue weighted by molar-refractivity contribution is -0.140. The Kier molecular flexibility index (Phi) is 3.69. The van der Waals surface area contributed by atoms with E-state index in [2.05, 4.69) is 0 Å². The third-order valence-electron chi connectivity index (χ3n) is 3.47. The van der Waals surface area contributed by atoms with Gasteiger partial charge in [0, 0.05) is 4.90 Å². The predicted octanol–water partition coefficient (Wildman–Crippen LogP) is 4.08. The summed E-state index contributed by atoms with van der Waals surface area (Å²) in [4.78, 5) is 12.5. The summed E-state index contributed by atoms with van der Waals surface area (Å²) in [5.41, 5.74) is 0. The standard InChI is InChI=1S/C13H15ClO2S/c1-9-5-4-8-13(9,12(15)16)17-11-7-3-2-6-10(11)14/h2-3,6-7,9H,4-5,8H2,1H3,(H,15,16). The van der Waals surface area contributed by atoms with Crippen LogP contribution in [0.15, 0.2) is 29.2 Å². The van der Waals surface area contributed by atoms with Crippen LogP contribution in [0.3, 0.4) is 0 Å². The number of thioether (sulfide) groups is 1. The van der Waals surface area contributed by atoms with Crippen molar-refractivity contribution in [2.75, 3.05) is 0 Å². The largest absolute Gasteiger partial charge is 0.480 e.